The van der Waals surface area contributed by atoms with Crippen molar-refractivity contribution in [3.8, 4) is 0 Å². The highest BCUT2D eigenvalue weighted by atomic mass is 16.3. The average molecular weight is 355 g/mol. The molecule has 0 N–H and O–H groups in total. The number of benzene rings is 1. The molecule has 2 aromatic rings. The lowest BCUT2D eigenvalue weighted by Crippen LogP contribution is -2.52. The number of amides is 2. The summed E-state index contributed by atoms with van der Waals surface area (Å²) in [6.07, 6.45) is 1.50. The minimum Gasteiger partial charge on any atom is -0.459 e. The summed E-state index contributed by atoms with van der Waals surface area (Å²) in [6.45, 7) is 7.39. The molecule has 1 aliphatic rings. The number of likely N-dealkylation sites (N-methyl/N-ethyl adjacent to an activating group) is 1. The van der Waals surface area contributed by atoms with Gasteiger partial charge >= 0.3 is 0 Å². The fourth-order valence-electron chi connectivity index (χ4n) is 3.19. The van der Waals surface area contributed by atoms with Gasteiger partial charge in [-0.15, -0.1) is 0 Å². The minimum atomic E-state index is -0.114. The Bertz CT molecular complexity index is 749. The molecule has 2 amide bonds. The van der Waals surface area contributed by atoms with E-state index in [0.717, 1.165) is 12.2 Å². The van der Waals surface area contributed by atoms with Gasteiger partial charge in [-0.25, -0.2) is 0 Å². The van der Waals surface area contributed by atoms with E-state index in [0.29, 0.717) is 38.5 Å². The first-order chi connectivity index (χ1) is 12.6. The number of hydrogen-bond donors (Lipinski definition) is 0. The fraction of sp³-hybridized carbons (Fsp3) is 0.400. The second-order valence-corrected chi connectivity index (χ2v) is 6.50. The highest BCUT2D eigenvalue weighted by Crippen LogP contribution is 2.16. The van der Waals surface area contributed by atoms with Gasteiger partial charge in [-0.2, -0.15) is 0 Å². The molecule has 6 nitrogen and oxygen atoms in total. The van der Waals surface area contributed by atoms with Crippen LogP contribution in [-0.4, -0.2) is 60.9 Å². The van der Waals surface area contributed by atoms with E-state index in [9.17, 15) is 9.59 Å². The van der Waals surface area contributed by atoms with Crippen LogP contribution in [0.2, 0.25) is 0 Å². The number of nitrogens with zero attached hydrogens (tertiary/aromatic N) is 3. The largest absolute Gasteiger partial charge is 0.459 e. The van der Waals surface area contributed by atoms with Crippen molar-refractivity contribution in [1.82, 2.24) is 9.80 Å². The standard InChI is InChI=1S/C20H25N3O3/c1-3-21(17-7-4-6-16(2)14-17)15-19(24)22-9-11-23(12-10-22)20(25)18-8-5-13-26-18/h4-8,13-14H,3,9-12,15H2,1-2H3. The summed E-state index contributed by atoms with van der Waals surface area (Å²) in [5.41, 5.74) is 2.24. The van der Waals surface area contributed by atoms with Gasteiger partial charge in [0.05, 0.1) is 12.8 Å². The van der Waals surface area contributed by atoms with E-state index in [1.807, 2.05) is 17.0 Å². The molecule has 0 spiro atoms. The lowest BCUT2D eigenvalue weighted by Gasteiger charge is -2.35. The lowest BCUT2D eigenvalue weighted by atomic mass is 10.2. The Morgan fingerprint density at radius 1 is 1.08 bits per heavy atom. The summed E-state index contributed by atoms with van der Waals surface area (Å²) in [5.74, 6) is 0.330. The first-order valence-electron chi connectivity index (χ1n) is 9.00. The van der Waals surface area contributed by atoms with Crippen LogP contribution in [0.15, 0.2) is 47.1 Å². The molecule has 1 fully saturated rings. The van der Waals surface area contributed by atoms with Gasteiger partial charge < -0.3 is 19.1 Å². The van der Waals surface area contributed by atoms with Crippen LogP contribution in [0.3, 0.4) is 0 Å². The fourth-order valence-corrected chi connectivity index (χ4v) is 3.19. The molecule has 0 saturated carbocycles. The molecule has 1 aromatic carbocycles. The van der Waals surface area contributed by atoms with Gasteiger partial charge in [0.15, 0.2) is 5.76 Å². The number of aryl methyl sites for hydroxylation is 1. The predicted octanol–water partition coefficient (Wildman–Crippen LogP) is 2.40. The normalized spacial score (nSPS) is 14.4. The first kappa shape index (κ1) is 18.0. The quantitative estimate of drug-likeness (QED) is 0.826. The number of rotatable bonds is 5. The van der Waals surface area contributed by atoms with Crippen molar-refractivity contribution < 1.29 is 14.0 Å². The number of anilines is 1. The maximum atomic E-state index is 12.7. The Labute approximate surface area is 154 Å². The van der Waals surface area contributed by atoms with E-state index < -0.39 is 0 Å². The lowest BCUT2D eigenvalue weighted by molar-refractivity contribution is -0.131. The second-order valence-electron chi connectivity index (χ2n) is 6.50. The molecular formula is C20H25N3O3. The van der Waals surface area contributed by atoms with Gasteiger partial charge in [-0.05, 0) is 43.7 Å². The van der Waals surface area contributed by atoms with Gasteiger partial charge in [0.25, 0.3) is 5.91 Å². The van der Waals surface area contributed by atoms with Gasteiger partial charge in [-0.3, -0.25) is 9.59 Å². The number of furan rings is 1. The third kappa shape index (κ3) is 4.07. The van der Waals surface area contributed by atoms with E-state index in [2.05, 4.69) is 30.9 Å². The molecular weight excluding hydrogens is 330 g/mol. The van der Waals surface area contributed by atoms with Crippen molar-refractivity contribution in [3.05, 3.63) is 54.0 Å². The minimum absolute atomic E-state index is 0.0958. The Morgan fingerprint density at radius 2 is 1.81 bits per heavy atom. The van der Waals surface area contributed by atoms with Gasteiger partial charge in [-0.1, -0.05) is 12.1 Å². The van der Waals surface area contributed by atoms with E-state index in [4.69, 9.17) is 4.42 Å². The molecule has 1 aliphatic heterocycles. The number of piperazine rings is 1. The van der Waals surface area contributed by atoms with Crippen LogP contribution in [0.25, 0.3) is 0 Å². The number of carbonyl (C=O) groups excluding carboxylic acids is 2. The molecule has 138 valence electrons. The van der Waals surface area contributed by atoms with Crippen molar-refractivity contribution in [1.29, 1.82) is 0 Å². The van der Waals surface area contributed by atoms with Crippen LogP contribution in [0.5, 0.6) is 0 Å². The number of hydrogen-bond acceptors (Lipinski definition) is 4. The van der Waals surface area contributed by atoms with E-state index in [-0.39, 0.29) is 11.8 Å². The molecule has 0 radical (unpaired) electrons. The average Bonchev–Trinajstić information content (AvgIpc) is 3.20. The van der Waals surface area contributed by atoms with Gasteiger partial charge in [0, 0.05) is 38.4 Å². The summed E-state index contributed by atoms with van der Waals surface area (Å²) in [4.78, 5) is 30.6. The van der Waals surface area contributed by atoms with Crippen molar-refractivity contribution >= 4 is 17.5 Å². The van der Waals surface area contributed by atoms with E-state index in [1.54, 1.807) is 17.0 Å². The zero-order valence-corrected chi connectivity index (χ0v) is 15.4. The van der Waals surface area contributed by atoms with Crippen LogP contribution in [-0.2, 0) is 4.79 Å². The molecule has 1 aromatic heterocycles. The molecule has 6 heteroatoms. The molecule has 0 atom stereocenters. The van der Waals surface area contributed by atoms with Crippen LogP contribution < -0.4 is 4.90 Å². The van der Waals surface area contributed by atoms with Crippen LogP contribution in [0, 0.1) is 6.92 Å². The van der Waals surface area contributed by atoms with E-state index in [1.165, 1.54) is 11.8 Å². The van der Waals surface area contributed by atoms with Crippen LogP contribution in [0.1, 0.15) is 23.0 Å². The Hall–Kier alpha value is -2.76. The Balaban J connectivity index is 1.55. The topological polar surface area (TPSA) is 57.0 Å². The van der Waals surface area contributed by atoms with Crippen molar-refractivity contribution in [2.75, 3.05) is 44.2 Å². The maximum Gasteiger partial charge on any atom is 0.289 e. The molecule has 0 unspecified atom stereocenters. The third-order valence-electron chi connectivity index (χ3n) is 4.73. The summed E-state index contributed by atoms with van der Waals surface area (Å²) >= 11 is 0. The van der Waals surface area contributed by atoms with Gasteiger partial charge in [0.2, 0.25) is 5.91 Å². The van der Waals surface area contributed by atoms with Crippen molar-refractivity contribution in [2.24, 2.45) is 0 Å². The molecule has 26 heavy (non-hydrogen) atoms. The summed E-state index contributed by atoms with van der Waals surface area (Å²) in [7, 11) is 0. The van der Waals surface area contributed by atoms with Gasteiger partial charge in [0.1, 0.15) is 0 Å². The third-order valence-corrected chi connectivity index (χ3v) is 4.73. The van der Waals surface area contributed by atoms with E-state index >= 15 is 0 Å². The number of carbonyl (C=O) groups is 2. The molecule has 3 rings (SSSR count). The highest BCUT2D eigenvalue weighted by molar-refractivity contribution is 5.91. The van der Waals surface area contributed by atoms with Crippen molar-refractivity contribution in [3.63, 3.8) is 0 Å². The smallest absolute Gasteiger partial charge is 0.289 e. The summed E-state index contributed by atoms with van der Waals surface area (Å²) < 4.78 is 5.17. The van der Waals surface area contributed by atoms with Crippen LogP contribution >= 0.6 is 0 Å². The van der Waals surface area contributed by atoms with Crippen LogP contribution in [0.4, 0.5) is 5.69 Å². The first-order valence-corrected chi connectivity index (χ1v) is 9.00. The Kier molecular flexibility index (Phi) is 5.61. The molecule has 2 heterocycles. The highest BCUT2D eigenvalue weighted by Gasteiger charge is 2.26. The zero-order valence-electron chi connectivity index (χ0n) is 15.4. The molecule has 1 saturated heterocycles. The SMILES string of the molecule is CCN(CC(=O)N1CCN(C(=O)c2ccco2)CC1)c1cccc(C)c1. The van der Waals surface area contributed by atoms with Crippen molar-refractivity contribution in [2.45, 2.75) is 13.8 Å². The molecule has 0 aliphatic carbocycles. The zero-order chi connectivity index (χ0) is 18.5. The predicted molar refractivity (Wildman–Crippen MR) is 100 cm³/mol. The monoisotopic (exact) mass is 355 g/mol. The maximum absolute atomic E-state index is 12.7. The summed E-state index contributed by atoms with van der Waals surface area (Å²) in [5, 5.41) is 0. The second kappa shape index (κ2) is 8.08. The molecule has 0 bridgehead atoms. The Morgan fingerprint density at radius 3 is 2.42 bits per heavy atom. The summed E-state index contributed by atoms with van der Waals surface area (Å²) in [6, 6.07) is 11.6.